The van der Waals surface area contributed by atoms with Crippen molar-refractivity contribution in [3.63, 3.8) is 0 Å². The van der Waals surface area contributed by atoms with E-state index < -0.39 is 10.5 Å². The van der Waals surface area contributed by atoms with Gasteiger partial charge in [-0.25, -0.2) is 0 Å². The maximum atomic E-state index is 12.3. The second kappa shape index (κ2) is 7.58. The number of nitrogens with one attached hydrogen (secondary N) is 1. The molecule has 0 aliphatic rings. The van der Waals surface area contributed by atoms with Gasteiger partial charge < -0.3 is 0 Å². The molecule has 130 valence electrons. The highest BCUT2D eigenvalue weighted by atomic mass is 35.5. The number of para-hydroxylation sites is 1. The minimum atomic E-state index is -0.480. The van der Waals surface area contributed by atoms with E-state index in [0.29, 0.717) is 11.3 Å². The fourth-order valence-electron chi connectivity index (χ4n) is 2.12. The Morgan fingerprint density at radius 3 is 2.50 bits per heavy atom. The van der Waals surface area contributed by atoms with Gasteiger partial charge in [0, 0.05) is 12.1 Å². The third-order valence-electron chi connectivity index (χ3n) is 3.42. The summed E-state index contributed by atoms with van der Waals surface area (Å²) in [4.78, 5) is 22.5. The van der Waals surface area contributed by atoms with Gasteiger partial charge in [0.25, 0.3) is 11.2 Å². The molecule has 9 heteroatoms. The number of non-ortho nitro benzene ring substituents is 1. The van der Waals surface area contributed by atoms with Crippen molar-refractivity contribution in [2.75, 3.05) is 5.43 Å². The summed E-state index contributed by atoms with van der Waals surface area (Å²) in [5.74, 6) is 0. The van der Waals surface area contributed by atoms with Crippen molar-refractivity contribution in [1.82, 2.24) is 9.78 Å². The Hall–Kier alpha value is -3.52. The van der Waals surface area contributed by atoms with Crippen molar-refractivity contribution in [2.24, 2.45) is 5.10 Å². The Morgan fingerprint density at radius 1 is 1.15 bits per heavy atom. The quantitative estimate of drug-likeness (QED) is 0.422. The van der Waals surface area contributed by atoms with Crippen LogP contribution in [0.15, 0.2) is 70.7 Å². The topological polar surface area (TPSA) is 102 Å². The second-order valence-electron chi connectivity index (χ2n) is 5.14. The number of nitro benzene ring substituents is 1. The van der Waals surface area contributed by atoms with E-state index in [2.05, 4.69) is 15.6 Å². The zero-order valence-corrected chi connectivity index (χ0v) is 14.0. The third-order valence-corrected chi connectivity index (χ3v) is 3.79. The summed E-state index contributed by atoms with van der Waals surface area (Å²) in [6.45, 7) is 0. The number of halogens is 1. The van der Waals surface area contributed by atoms with Crippen LogP contribution in [-0.4, -0.2) is 20.9 Å². The summed E-state index contributed by atoms with van der Waals surface area (Å²) in [6, 6.07) is 14.7. The standard InChI is InChI=1S/C17H12ClN5O3/c18-16-15(11-20-22(17(16)24)13-4-2-1-3-5-13)21-19-10-12-6-8-14(9-7-12)23(25)26/h1-11,21H/b19-10+. The number of rotatable bonds is 5. The van der Waals surface area contributed by atoms with Gasteiger partial charge in [-0.3, -0.25) is 20.3 Å². The smallest absolute Gasteiger partial charge is 0.275 e. The van der Waals surface area contributed by atoms with Crippen LogP contribution in [0.2, 0.25) is 5.02 Å². The lowest BCUT2D eigenvalue weighted by Gasteiger charge is -2.07. The number of hydrogen-bond acceptors (Lipinski definition) is 6. The lowest BCUT2D eigenvalue weighted by molar-refractivity contribution is -0.384. The molecule has 0 atom stereocenters. The zero-order chi connectivity index (χ0) is 18.5. The average Bonchev–Trinajstić information content (AvgIpc) is 2.66. The molecule has 3 rings (SSSR count). The fourth-order valence-corrected chi connectivity index (χ4v) is 2.29. The highest BCUT2D eigenvalue weighted by Gasteiger charge is 2.10. The largest absolute Gasteiger partial charge is 0.292 e. The molecule has 3 aromatic rings. The molecule has 26 heavy (non-hydrogen) atoms. The Labute approximate surface area is 152 Å². The first kappa shape index (κ1) is 17.3. The van der Waals surface area contributed by atoms with E-state index in [4.69, 9.17) is 11.6 Å². The van der Waals surface area contributed by atoms with Crippen molar-refractivity contribution < 1.29 is 4.92 Å². The maximum Gasteiger partial charge on any atom is 0.292 e. The van der Waals surface area contributed by atoms with Crippen LogP contribution in [-0.2, 0) is 0 Å². The van der Waals surface area contributed by atoms with Gasteiger partial charge in [-0.15, -0.1) is 0 Å². The Morgan fingerprint density at radius 2 is 1.85 bits per heavy atom. The number of nitro groups is 1. The van der Waals surface area contributed by atoms with Crippen molar-refractivity contribution in [2.45, 2.75) is 0 Å². The molecule has 1 heterocycles. The molecule has 0 aliphatic carbocycles. The zero-order valence-electron chi connectivity index (χ0n) is 13.2. The Bertz CT molecular complexity index is 1020. The summed E-state index contributed by atoms with van der Waals surface area (Å²) < 4.78 is 1.19. The molecule has 8 nitrogen and oxygen atoms in total. The summed E-state index contributed by atoms with van der Waals surface area (Å²) >= 11 is 6.10. The maximum absolute atomic E-state index is 12.3. The van der Waals surface area contributed by atoms with Crippen LogP contribution in [0.25, 0.3) is 5.69 Å². The predicted molar refractivity (Wildman–Crippen MR) is 99.2 cm³/mol. The van der Waals surface area contributed by atoms with Crippen molar-refractivity contribution >= 4 is 29.2 Å². The van der Waals surface area contributed by atoms with Gasteiger partial charge in [-0.05, 0) is 29.8 Å². The second-order valence-corrected chi connectivity index (χ2v) is 5.52. The van der Waals surface area contributed by atoms with E-state index in [0.717, 1.165) is 0 Å². The van der Waals surface area contributed by atoms with E-state index in [1.807, 2.05) is 6.07 Å². The van der Waals surface area contributed by atoms with Crippen molar-refractivity contribution in [3.05, 3.63) is 91.8 Å². The predicted octanol–water partition coefficient (Wildman–Crippen LogP) is 3.24. The van der Waals surface area contributed by atoms with E-state index in [9.17, 15) is 14.9 Å². The molecule has 0 fully saturated rings. The highest BCUT2D eigenvalue weighted by molar-refractivity contribution is 6.32. The molecule has 0 unspecified atom stereocenters. The molecule has 0 saturated heterocycles. The highest BCUT2D eigenvalue weighted by Crippen LogP contribution is 2.17. The molecule has 1 aromatic heterocycles. The number of hydrogen-bond donors (Lipinski definition) is 1. The first-order valence-corrected chi connectivity index (χ1v) is 7.81. The Kier molecular flexibility index (Phi) is 5.04. The first-order chi connectivity index (χ1) is 12.6. The van der Waals surface area contributed by atoms with E-state index in [-0.39, 0.29) is 16.4 Å². The van der Waals surface area contributed by atoms with E-state index in [1.54, 1.807) is 36.4 Å². The third kappa shape index (κ3) is 3.76. The lowest BCUT2D eigenvalue weighted by Crippen LogP contribution is -2.22. The molecule has 0 saturated carbocycles. The molecular formula is C17H12ClN5O3. The molecule has 1 N–H and O–H groups in total. The number of nitrogens with zero attached hydrogens (tertiary/aromatic N) is 4. The normalized spacial score (nSPS) is 10.8. The van der Waals surface area contributed by atoms with Gasteiger partial charge in [0.15, 0.2) is 0 Å². The molecule has 0 spiro atoms. The van der Waals surface area contributed by atoms with Gasteiger partial charge in [-0.1, -0.05) is 29.8 Å². The van der Waals surface area contributed by atoms with E-state index >= 15 is 0 Å². The fraction of sp³-hybridized carbons (Fsp3) is 0. The first-order valence-electron chi connectivity index (χ1n) is 7.43. The lowest BCUT2D eigenvalue weighted by atomic mass is 10.2. The molecule has 2 aromatic carbocycles. The van der Waals surface area contributed by atoms with Gasteiger partial charge in [-0.2, -0.15) is 14.9 Å². The number of hydrazone groups is 1. The van der Waals surface area contributed by atoms with Crippen LogP contribution >= 0.6 is 11.6 Å². The van der Waals surface area contributed by atoms with Gasteiger partial charge in [0.05, 0.1) is 23.0 Å². The summed E-state index contributed by atoms with van der Waals surface area (Å²) in [5, 5.41) is 18.6. The van der Waals surface area contributed by atoms with Crippen molar-refractivity contribution in [3.8, 4) is 5.69 Å². The SMILES string of the molecule is O=c1c(Cl)c(N/N=C/c2ccc([N+](=O)[O-])cc2)cnn1-c1ccccc1. The van der Waals surface area contributed by atoms with Crippen LogP contribution < -0.4 is 11.0 Å². The molecule has 0 bridgehead atoms. The van der Waals surface area contributed by atoms with Crippen LogP contribution in [0.3, 0.4) is 0 Å². The molecule has 0 amide bonds. The van der Waals surface area contributed by atoms with Crippen LogP contribution in [0.1, 0.15) is 5.56 Å². The molecule has 0 radical (unpaired) electrons. The van der Waals surface area contributed by atoms with Crippen LogP contribution in [0.5, 0.6) is 0 Å². The average molecular weight is 370 g/mol. The Balaban J connectivity index is 1.77. The van der Waals surface area contributed by atoms with Crippen molar-refractivity contribution in [1.29, 1.82) is 0 Å². The minimum Gasteiger partial charge on any atom is -0.275 e. The van der Waals surface area contributed by atoms with Crippen LogP contribution in [0, 0.1) is 10.1 Å². The molecular weight excluding hydrogens is 358 g/mol. The van der Waals surface area contributed by atoms with Gasteiger partial charge >= 0.3 is 0 Å². The minimum absolute atomic E-state index is 0.00752. The summed E-state index contributed by atoms with van der Waals surface area (Å²) in [7, 11) is 0. The van der Waals surface area contributed by atoms with E-state index in [1.165, 1.54) is 29.2 Å². The number of anilines is 1. The molecule has 0 aliphatic heterocycles. The monoisotopic (exact) mass is 369 g/mol. The van der Waals surface area contributed by atoms with Gasteiger partial charge in [0.2, 0.25) is 0 Å². The number of aromatic nitrogens is 2. The summed E-state index contributed by atoms with van der Waals surface area (Å²) in [5.41, 5.74) is 3.65. The van der Waals surface area contributed by atoms with Crippen LogP contribution in [0.4, 0.5) is 11.4 Å². The summed E-state index contributed by atoms with van der Waals surface area (Å²) in [6.07, 6.45) is 2.84. The number of benzene rings is 2. The van der Waals surface area contributed by atoms with Gasteiger partial charge in [0.1, 0.15) is 10.7 Å².